The zero-order chi connectivity index (χ0) is 14.5. The second kappa shape index (κ2) is 7.13. The van der Waals surface area contributed by atoms with E-state index in [1.807, 2.05) is 45.9 Å². The summed E-state index contributed by atoms with van der Waals surface area (Å²) in [7, 11) is 0. The molecule has 1 unspecified atom stereocenters. The van der Waals surface area contributed by atoms with Gasteiger partial charge < -0.3 is 15.2 Å². The lowest BCUT2D eigenvalue weighted by Gasteiger charge is -2.20. The topological polar surface area (TPSA) is 44.5 Å². The van der Waals surface area contributed by atoms with Crippen LogP contribution in [0.1, 0.15) is 33.3 Å². The third-order valence-corrected chi connectivity index (χ3v) is 2.68. The smallest absolute Gasteiger partial charge is 0.122 e. The van der Waals surface area contributed by atoms with Crippen LogP contribution in [0.15, 0.2) is 18.2 Å². The lowest BCUT2D eigenvalue weighted by Crippen LogP contribution is -2.23. The van der Waals surface area contributed by atoms with Crippen LogP contribution >= 0.6 is 11.6 Å². The van der Waals surface area contributed by atoms with Crippen molar-refractivity contribution in [1.29, 1.82) is 0 Å². The summed E-state index contributed by atoms with van der Waals surface area (Å²) in [6, 6.07) is 5.69. The fraction of sp³-hybridized carbons (Fsp3) is 0.600. The molecule has 3 nitrogen and oxygen atoms in total. The van der Waals surface area contributed by atoms with Gasteiger partial charge in [-0.3, -0.25) is 0 Å². The third kappa shape index (κ3) is 6.81. The molecule has 1 rings (SSSR count). The van der Waals surface area contributed by atoms with Crippen molar-refractivity contribution in [3.8, 4) is 5.75 Å². The molecule has 1 aromatic carbocycles. The van der Waals surface area contributed by atoms with Gasteiger partial charge in [-0.2, -0.15) is 0 Å². The molecule has 0 amide bonds. The van der Waals surface area contributed by atoms with Gasteiger partial charge in [0.2, 0.25) is 0 Å². The highest BCUT2D eigenvalue weighted by molar-refractivity contribution is 6.30. The Bertz CT molecular complexity index is 400. The molecule has 0 bridgehead atoms. The molecule has 1 atom stereocenters. The Balaban J connectivity index is 2.57. The standard InChI is InChI=1S/C15H24ClNO2/c1-11(17)9-12-10-13(16)5-6-14(12)18-7-8-19-15(2,3)4/h5-6,10-11H,7-9,17H2,1-4H3. The molecule has 0 aliphatic heterocycles. The van der Waals surface area contributed by atoms with Crippen molar-refractivity contribution in [1.82, 2.24) is 0 Å². The van der Waals surface area contributed by atoms with Crippen LogP contribution in [0.2, 0.25) is 5.02 Å². The summed E-state index contributed by atoms with van der Waals surface area (Å²) in [4.78, 5) is 0. The van der Waals surface area contributed by atoms with E-state index in [9.17, 15) is 0 Å². The lowest BCUT2D eigenvalue weighted by atomic mass is 10.1. The molecular weight excluding hydrogens is 262 g/mol. The number of hydrogen-bond donors (Lipinski definition) is 1. The molecule has 4 heteroatoms. The highest BCUT2D eigenvalue weighted by Crippen LogP contribution is 2.24. The van der Waals surface area contributed by atoms with Gasteiger partial charge in [-0.1, -0.05) is 11.6 Å². The minimum atomic E-state index is -0.141. The van der Waals surface area contributed by atoms with Crippen molar-refractivity contribution in [3.63, 3.8) is 0 Å². The Kier molecular flexibility index (Phi) is 6.11. The van der Waals surface area contributed by atoms with E-state index in [-0.39, 0.29) is 11.6 Å². The fourth-order valence-electron chi connectivity index (χ4n) is 1.69. The van der Waals surface area contributed by atoms with E-state index >= 15 is 0 Å². The first kappa shape index (κ1) is 16.3. The van der Waals surface area contributed by atoms with Crippen LogP contribution in [0.5, 0.6) is 5.75 Å². The summed E-state index contributed by atoms with van der Waals surface area (Å²) in [5.41, 5.74) is 6.73. The van der Waals surface area contributed by atoms with Crippen molar-refractivity contribution < 1.29 is 9.47 Å². The molecule has 0 fully saturated rings. The summed E-state index contributed by atoms with van der Waals surface area (Å²) < 4.78 is 11.4. The number of nitrogens with two attached hydrogens (primary N) is 1. The normalized spacial score (nSPS) is 13.4. The van der Waals surface area contributed by atoms with Gasteiger partial charge in [-0.25, -0.2) is 0 Å². The molecule has 0 saturated carbocycles. The fourth-order valence-corrected chi connectivity index (χ4v) is 1.89. The number of halogens is 1. The summed E-state index contributed by atoms with van der Waals surface area (Å²) in [6.07, 6.45) is 0.746. The summed E-state index contributed by atoms with van der Waals surface area (Å²) in [6.45, 7) is 9.12. The van der Waals surface area contributed by atoms with E-state index in [4.69, 9.17) is 26.8 Å². The van der Waals surface area contributed by atoms with Gasteiger partial charge in [0.1, 0.15) is 12.4 Å². The van der Waals surface area contributed by atoms with Gasteiger partial charge in [-0.15, -0.1) is 0 Å². The highest BCUT2D eigenvalue weighted by atomic mass is 35.5. The number of rotatable bonds is 6. The molecule has 0 radical (unpaired) electrons. The monoisotopic (exact) mass is 285 g/mol. The minimum absolute atomic E-state index is 0.0756. The van der Waals surface area contributed by atoms with E-state index in [0.29, 0.717) is 18.2 Å². The first-order valence-corrected chi connectivity index (χ1v) is 6.96. The van der Waals surface area contributed by atoms with E-state index in [1.54, 1.807) is 0 Å². The van der Waals surface area contributed by atoms with E-state index in [2.05, 4.69) is 0 Å². The molecule has 19 heavy (non-hydrogen) atoms. The van der Waals surface area contributed by atoms with Crippen molar-refractivity contribution in [2.24, 2.45) is 5.73 Å². The van der Waals surface area contributed by atoms with Crippen LogP contribution in [0.25, 0.3) is 0 Å². The Labute approximate surface area is 121 Å². The molecule has 0 saturated heterocycles. The van der Waals surface area contributed by atoms with Gasteiger partial charge in [0.05, 0.1) is 12.2 Å². The van der Waals surface area contributed by atoms with Crippen LogP contribution in [-0.4, -0.2) is 24.9 Å². The van der Waals surface area contributed by atoms with Gasteiger partial charge in [0.15, 0.2) is 0 Å². The number of benzene rings is 1. The Morgan fingerprint density at radius 3 is 2.53 bits per heavy atom. The summed E-state index contributed by atoms with van der Waals surface area (Å²) in [5.74, 6) is 0.833. The van der Waals surface area contributed by atoms with Crippen LogP contribution in [-0.2, 0) is 11.2 Å². The van der Waals surface area contributed by atoms with E-state index < -0.39 is 0 Å². The summed E-state index contributed by atoms with van der Waals surface area (Å²) >= 11 is 6.00. The molecule has 0 spiro atoms. The van der Waals surface area contributed by atoms with Crippen LogP contribution in [0.3, 0.4) is 0 Å². The summed E-state index contributed by atoms with van der Waals surface area (Å²) in [5, 5.41) is 0.703. The molecule has 108 valence electrons. The van der Waals surface area contributed by atoms with Crippen LogP contribution in [0, 0.1) is 0 Å². The van der Waals surface area contributed by atoms with E-state index in [0.717, 1.165) is 17.7 Å². The molecular formula is C15H24ClNO2. The Morgan fingerprint density at radius 1 is 1.26 bits per heavy atom. The first-order valence-electron chi connectivity index (χ1n) is 6.59. The maximum absolute atomic E-state index is 6.00. The Morgan fingerprint density at radius 2 is 1.95 bits per heavy atom. The quantitative estimate of drug-likeness (QED) is 0.815. The molecule has 1 aromatic rings. The van der Waals surface area contributed by atoms with Crippen molar-refractivity contribution in [3.05, 3.63) is 28.8 Å². The molecule has 0 aromatic heterocycles. The minimum Gasteiger partial charge on any atom is -0.491 e. The van der Waals surface area contributed by atoms with Gasteiger partial charge in [0.25, 0.3) is 0 Å². The average Bonchev–Trinajstić information content (AvgIpc) is 2.24. The van der Waals surface area contributed by atoms with Gasteiger partial charge in [-0.05, 0) is 57.9 Å². The first-order chi connectivity index (χ1) is 8.78. The largest absolute Gasteiger partial charge is 0.491 e. The zero-order valence-electron chi connectivity index (χ0n) is 12.2. The lowest BCUT2D eigenvalue weighted by molar-refractivity contribution is -0.0163. The SMILES string of the molecule is CC(N)Cc1cc(Cl)ccc1OCCOC(C)(C)C. The number of hydrogen-bond acceptors (Lipinski definition) is 3. The number of ether oxygens (including phenoxy) is 2. The van der Waals surface area contributed by atoms with Crippen molar-refractivity contribution in [2.45, 2.75) is 45.8 Å². The predicted octanol–water partition coefficient (Wildman–Crippen LogP) is 3.42. The third-order valence-electron chi connectivity index (χ3n) is 2.44. The van der Waals surface area contributed by atoms with Gasteiger partial charge in [0, 0.05) is 11.1 Å². The highest BCUT2D eigenvalue weighted by Gasteiger charge is 2.11. The predicted molar refractivity (Wildman–Crippen MR) is 80.0 cm³/mol. The molecule has 0 aliphatic rings. The maximum atomic E-state index is 6.00. The van der Waals surface area contributed by atoms with Crippen LogP contribution < -0.4 is 10.5 Å². The maximum Gasteiger partial charge on any atom is 0.122 e. The average molecular weight is 286 g/mol. The molecule has 0 aliphatic carbocycles. The van der Waals surface area contributed by atoms with Crippen LogP contribution in [0.4, 0.5) is 0 Å². The second-order valence-electron chi connectivity index (χ2n) is 5.74. The van der Waals surface area contributed by atoms with Crippen molar-refractivity contribution in [2.75, 3.05) is 13.2 Å². The molecule has 2 N–H and O–H groups in total. The second-order valence-corrected chi connectivity index (χ2v) is 6.18. The van der Waals surface area contributed by atoms with E-state index in [1.165, 1.54) is 0 Å². The Hall–Kier alpha value is -0.770. The zero-order valence-corrected chi connectivity index (χ0v) is 13.0. The molecule has 0 heterocycles. The van der Waals surface area contributed by atoms with Crippen molar-refractivity contribution >= 4 is 11.6 Å². The van der Waals surface area contributed by atoms with Gasteiger partial charge >= 0.3 is 0 Å².